The van der Waals surface area contributed by atoms with E-state index in [1.54, 1.807) is 23.1 Å². The largest absolute Gasteiger partial charge is 0.496 e. The van der Waals surface area contributed by atoms with Gasteiger partial charge in [0, 0.05) is 17.6 Å². The van der Waals surface area contributed by atoms with Gasteiger partial charge in [0.05, 0.1) is 12.7 Å². The van der Waals surface area contributed by atoms with Crippen molar-refractivity contribution in [3.63, 3.8) is 0 Å². The number of amides is 2. The van der Waals surface area contributed by atoms with Crippen LogP contribution in [-0.4, -0.2) is 55.5 Å². The van der Waals surface area contributed by atoms with Gasteiger partial charge in [-0.1, -0.05) is 11.6 Å². The van der Waals surface area contributed by atoms with Crippen molar-refractivity contribution in [2.24, 2.45) is 0 Å². The van der Waals surface area contributed by atoms with Crippen molar-refractivity contribution in [1.82, 2.24) is 15.5 Å². The summed E-state index contributed by atoms with van der Waals surface area (Å²) in [5, 5.41) is 6.86. The molecule has 2 heterocycles. The van der Waals surface area contributed by atoms with Crippen LogP contribution in [0.3, 0.4) is 0 Å². The number of piperidine rings is 1. The van der Waals surface area contributed by atoms with Crippen LogP contribution in [0.25, 0.3) is 0 Å². The fraction of sp³-hybridized carbons (Fsp3) is 0.556. The molecule has 26 heavy (non-hydrogen) atoms. The Morgan fingerprint density at radius 1 is 1.27 bits per heavy atom. The van der Waals surface area contributed by atoms with Crippen LogP contribution in [0.2, 0.25) is 5.02 Å². The van der Waals surface area contributed by atoms with Crippen molar-refractivity contribution in [2.75, 3.05) is 26.7 Å². The van der Waals surface area contributed by atoms with Gasteiger partial charge in [0.15, 0.2) is 0 Å². The molecule has 2 amide bonds. The van der Waals surface area contributed by atoms with Crippen LogP contribution >= 0.6 is 24.0 Å². The Kier molecular flexibility index (Phi) is 7.55. The highest BCUT2D eigenvalue weighted by molar-refractivity contribution is 6.31. The second-order valence-electron chi connectivity index (χ2n) is 6.53. The highest BCUT2D eigenvalue weighted by atomic mass is 35.5. The van der Waals surface area contributed by atoms with Crippen LogP contribution in [0.15, 0.2) is 18.2 Å². The molecule has 0 saturated carbocycles. The van der Waals surface area contributed by atoms with Crippen molar-refractivity contribution in [3.8, 4) is 5.75 Å². The number of ether oxygens (including phenoxy) is 1. The Bertz CT molecular complexity index is 651. The van der Waals surface area contributed by atoms with Gasteiger partial charge >= 0.3 is 0 Å². The number of benzene rings is 1. The number of halogens is 2. The average molecular weight is 402 g/mol. The maximum absolute atomic E-state index is 13.0. The Balaban J connectivity index is 0.00000243. The number of nitrogens with zero attached hydrogens (tertiary/aromatic N) is 1. The van der Waals surface area contributed by atoms with Gasteiger partial charge in [0.2, 0.25) is 5.91 Å². The normalized spacial score (nSPS) is 20.4. The molecule has 2 N–H and O–H groups in total. The number of hydrogen-bond donors (Lipinski definition) is 2. The van der Waals surface area contributed by atoms with E-state index in [9.17, 15) is 9.59 Å². The van der Waals surface area contributed by atoms with Crippen LogP contribution in [0.5, 0.6) is 5.75 Å². The molecule has 3 rings (SSSR count). The summed E-state index contributed by atoms with van der Waals surface area (Å²) in [6, 6.07) is 4.72. The van der Waals surface area contributed by atoms with Crippen LogP contribution < -0.4 is 15.4 Å². The monoisotopic (exact) mass is 401 g/mol. The molecule has 6 nitrogen and oxygen atoms in total. The fourth-order valence-corrected chi connectivity index (χ4v) is 3.72. The minimum atomic E-state index is -0.425. The smallest absolute Gasteiger partial charge is 0.258 e. The van der Waals surface area contributed by atoms with Gasteiger partial charge in [0.25, 0.3) is 5.91 Å². The van der Waals surface area contributed by atoms with Crippen LogP contribution in [-0.2, 0) is 4.79 Å². The number of hydrogen-bond acceptors (Lipinski definition) is 4. The van der Waals surface area contributed by atoms with Gasteiger partial charge in [0.1, 0.15) is 11.8 Å². The SMILES string of the molecule is COc1ccc(Cl)cc1C(=O)N1CCCC1C(=O)NC1CCNCC1.Cl. The lowest BCUT2D eigenvalue weighted by molar-refractivity contribution is -0.125. The van der Waals surface area contributed by atoms with E-state index in [0.29, 0.717) is 29.3 Å². The molecule has 0 aliphatic carbocycles. The predicted molar refractivity (Wildman–Crippen MR) is 103 cm³/mol. The highest BCUT2D eigenvalue weighted by Gasteiger charge is 2.36. The number of methoxy groups -OCH3 is 1. The van der Waals surface area contributed by atoms with Crippen molar-refractivity contribution in [3.05, 3.63) is 28.8 Å². The third kappa shape index (κ3) is 4.61. The molecular formula is C18H25Cl2N3O3. The Morgan fingerprint density at radius 3 is 2.69 bits per heavy atom. The summed E-state index contributed by atoms with van der Waals surface area (Å²) in [5.41, 5.74) is 0.400. The van der Waals surface area contributed by atoms with Crippen LogP contribution in [0.4, 0.5) is 0 Å². The molecule has 1 aromatic carbocycles. The quantitative estimate of drug-likeness (QED) is 0.811. The molecular weight excluding hydrogens is 377 g/mol. The summed E-state index contributed by atoms with van der Waals surface area (Å²) < 4.78 is 5.28. The molecule has 8 heteroatoms. The zero-order valence-electron chi connectivity index (χ0n) is 14.8. The van der Waals surface area contributed by atoms with Crippen molar-refractivity contribution >= 4 is 35.8 Å². The fourth-order valence-electron chi connectivity index (χ4n) is 3.55. The maximum atomic E-state index is 13.0. The van der Waals surface area contributed by atoms with E-state index in [0.717, 1.165) is 32.4 Å². The zero-order valence-corrected chi connectivity index (χ0v) is 16.4. The van der Waals surface area contributed by atoms with Gasteiger partial charge in [-0.25, -0.2) is 0 Å². The van der Waals surface area contributed by atoms with Crippen LogP contribution in [0, 0.1) is 0 Å². The third-order valence-corrected chi connectivity index (χ3v) is 5.13. The van der Waals surface area contributed by atoms with Crippen molar-refractivity contribution in [1.29, 1.82) is 0 Å². The molecule has 0 spiro atoms. The number of likely N-dealkylation sites (tertiary alicyclic amines) is 1. The van der Waals surface area contributed by atoms with E-state index >= 15 is 0 Å². The summed E-state index contributed by atoms with van der Waals surface area (Å²) in [5.74, 6) is 0.208. The summed E-state index contributed by atoms with van der Waals surface area (Å²) in [6.07, 6.45) is 3.35. The molecule has 2 aliphatic heterocycles. The van der Waals surface area contributed by atoms with Gasteiger partial charge in [-0.15, -0.1) is 12.4 Å². The van der Waals surface area contributed by atoms with Crippen LogP contribution in [0.1, 0.15) is 36.0 Å². The first kappa shape index (κ1) is 20.8. The minimum absolute atomic E-state index is 0. The van der Waals surface area contributed by atoms with E-state index < -0.39 is 6.04 Å². The molecule has 0 aromatic heterocycles. The molecule has 1 unspecified atom stereocenters. The maximum Gasteiger partial charge on any atom is 0.258 e. The lowest BCUT2D eigenvalue weighted by Crippen LogP contribution is -2.51. The standard InChI is InChI=1S/C18H24ClN3O3.ClH/c1-25-16-5-4-12(19)11-14(16)18(24)22-10-2-3-15(22)17(23)21-13-6-8-20-9-7-13;/h4-5,11,13,15,20H,2-3,6-10H2,1H3,(H,21,23);1H. The highest BCUT2D eigenvalue weighted by Crippen LogP contribution is 2.27. The van der Waals surface area contributed by atoms with Gasteiger partial charge in [-0.3, -0.25) is 9.59 Å². The van der Waals surface area contributed by atoms with Gasteiger partial charge < -0.3 is 20.3 Å². The van der Waals surface area contributed by atoms with Crippen molar-refractivity contribution in [2.45, 2.75) is 37.8 Å². The lowest BCUT2D eigenvalue weighted by Gasteiger charge is -2.29. The number of nitrogens with one attached hydrogen (secondary N) is 2. The Hall–Kier alpha value is -1.50. The Morgan fingerprint density at radius 2 is 2.00 bits per heavy atom. The zero-order chi connectivity index (χ0) is 17.8. The van der Waals surface area contributed by atoms with E-state index in [1.807, 2.05) is 0 Å². The molecule has 1 atom stereocenters. The van der Waals surface area contributed by atoms with E-state index in [4.69, 9.17) is 16.3 Å². The van der Waals surface area contributed by atoms with E-state index in [1.165, 1.54) is 7.11 Å². The first-order valence-electron chi connectivity index (χ1n) is 8.75. The molecule has 144 valence electrons. The number of rotatable bonds is 4. The topological polar surface area (TPSA) is 70.7 Å². The summed E-state index contributed by atoms with van der Waals surface area (Å²) >= 11 is 6.04. The molecule has 2 aliphatic rings. The second kappa shape index (κ2) is 9.44. The summed E-state index contributed by atoms with van der Waals surface area (Å²) in [7, 11) is 1.52. The van der Waals surface area contributed by atoms with Gasteiger partial charge in [-0.05, 0) is 57.0 Å². The van der Waals surface area contributed by atoms with E-state index in [-0.39, 0.29) is 30.3 Å². The predicted octanol–water partition coefficient (Wildman–Crippen LogP) is 2.24. The molecule has 0 bridgehead atoms. The first-order chi connectivity index (χ1) is 12.1. The molecule has 0 radical (unpaired) electrons. The Labute approximate surface area is 165 Å². The molecule has 2 fully saturated rings. The van der Waals surface area contributed by atoms with Gasteiger partial charge in [-0.2, -0.15) is 0 Å². The summed E-state index contributed by atoms with van der Waals surface area (Å²) in [6.45, 7) is 2.40. The average Bonchev–Trinajstić information content (AvgIpc) is 3.12. The first-order valence-corrected chi connectivity index (χ1v) is 9.13. The third-order valence-electron chi connectivity index (χ3n) is 4.89. The van der Waals surface area contributed by atoms with E-state index in [2.05, 4.69) is 10.6 Å². The van der Waals surface area contributed by atoms with Crippen molar-refractivity contribution < 1.29 is 14.3 Å². The molecule has 2 saturated heterocycles. The number of carbonyl (C=O) groups is 2. The minimum Gasteiger partial charge on any atom is -0.496 e. The lowest BCUT2D eigenvalue weighted by atomic mass is 10.1. The number of carbonyl (C=O) groups excluding carboxylic acids is 2. The summed E-state index contributed by atoms with van der Waals surface area (Å²) in [4.78, 5) is 27.3. The second-order valence-corrected chi connectivity index (χ2v) is 6.97. The molecule has 1 aromatic rings.